The Hall–Kier alpha value is -3.54. The molecule has 1 saturated heterocycles. The van der Waals surface area contributed by atoms with E-state index in [1.807, 2.05) is 42.6 Å². The fourth-order valence-electron chi connectivity index (χ4n) is 4.93. The van der Waals surface area contributed by atoms with Crippen molar-refractivity contribution in [2.24, 2.45) is 5.73 Å². The number of fused-ring (bicyclic) bond motifs is 1. The summed E-state index contributed by atoms with van der Waals surface area (Å²) in [6, 6.07) is 13.7. The van der Waals surface area contributed by atoms with Crippen LogP contribution in [0, 0.1) is 6.92 Å². The minimum absolute atomic E-state index is 0.115. The van der Waals surface area contributed by atoms with E-state index in [4.69, 9.17) is 5.73 Å². The van der Waals surface area contributed by atoms with E-state index in [2.05, 4.69) is 21.4 Å². The van der Waals surface area contributed by atoms with Crippen LogP contribution in [0.5, 0.6) is 0 Å². The minimum atomic E-state index is -3.73. The first kappa shape index (κ1) is 25.1. The molecule has 0 atom stereocenters. The summed E-state index contributed by atoms with van der Waals surface area (Å²) in [5.74, 6) is -0.688. The number of thiazole rings is 1. The molecule has 2 amide bonds. The van der Waals surface area contributed by atoms with E-state index in [9.17, 15) is 18.0 Å². The van der Waals surface area contributed by atoms with Gasteiger partial charge in [0, 0.05) is 31.6 Å². The Bertz CT molecular complexity index is 1600. The maximum atomic E-state index is 13.4. The van der Waals surface area contributed by atoms with Crippen molar-refractivity contribution in [1.82, 2.24) is 14.3 Å². The first-order valence-electron chi connectivity index (χ1n) is 11.9. The summed E-state index contributed by atoms with van der Waals surface area (Å²) in [7, 11) is -3.73. The first-order valence-corrected chi connectivity index (χ1v) is 14.2. The molecule has 0 radical (unpaired) electrons. The van der Waals surface area contributed by atoms with Gasteiger partial charge in [-0.3, -0.25) is 9.59 Å². The average molecular weight is 538 g/mol. The average Bonchev–Trinajstić information content (AvgIpc) is 3.47. The predicted molar refractivity (Wildman–Crippen MR) is 144 cm³/mol. The van der Waals surface area contributed by atoms with Crippen molar-refractivity contribution >= 4 is 49.2 Å². The molecular weight excluding hydrogens is 510 g/mol. The van der Waals surface area contributed by atoms with Gasteiger partial charge in [0.1, 0.15) is 0 Å². The van der Waals surface area contributed by atoms with Crippen molar-refractivity contribution < 1.29 is 18.0 Å². The minimum Gasteiger partial charge on any atom is -0.366 e. The zero-order valence-corrected chi connectivity index (χ0v) is 22.1. The number of benzene rings is 2. The number of carbonyl (C=O) groups is 2. The fraction of sp³-hybridized carbons (Fsp3) is 0.269. The number of aryl methyl sites for hydroxylation is 1. The molecule has 1 aliphatic heterocycles. The second kappa shape index (κ2) is 9.73. The normalized spacial score (nSPS) is 15.2. The second-order valence-corrected chi connectivity index (χ2v) is 12.3. The van der Waals surface area contributed by atoms with E-state index in [1.165, 1.54) is 11.2 Å². The second-order valence-electron chi connectivity index (χ2n) is 9.17. The molecule has 9 nitrogen and oxygen atoms in total. The topological polar surface area (TPSA) is 138 Å². The number of H-pyrrole nitrogens is 1. The third-order valence-electron chi connectivity index (χ3n) is 6.70. The first-order chi connectivity index (χ1) is 17.6. The molecule has 2 aromatic heterocycles. The maximum Gasteiger partial charge on any atom is 0.254 e. The van der Waals surface area contributed by atoms with Crippen LogP contribution in [0.25, 0.3) is 22.0 Å². The highest BCUT2D eigenvalue weighted by atomic mass is 32.2. The summed E-state index contributed by atoms with van der Waals surface area (Å²) in [5, 5.41) is 3.76. The van der Waals surface area contributed by atoms with Crippen LogP contribution < -0.4 is 11.1 Å². The Morgan fingerprint density at radius 3 is 2.49 bits per heavy atom. The molecular formula is C26H27N5O4S2. The quantitative estimate of drug-likeness (QED) is 0.338. The van der Waals surface area contributed by atoms with Crippen LogP contribution in [0.4, 0.5) is 5.13 Å². The molecule has 4 aromatic rings. The van der Waals surface area contributed by atoms with Crippen molar-refractivity contribution in [3.63, 3.8) is 0 Å². The molecule has 1 aliphatic rings. The molecule has 37 heavy (non-hydrogen) atoms. The van der Waals surface area contributed by atoms with Gasteiger partial charge in [-0.1, -0.05) is 41.7 Å². The Morgan fingerprint density at radius 2 is 1.84 bits per heavy atom. The van der Waals surface area contributed by atoms with Gasteiger partial charge in [0.05, 0.1) is 16.8 Å². The zero-order chi connectivity index (χ0) is 26.3. The molecule has 0 bridgehead atoms. The van der Waals surface area contributed by atoms with Gasteiger partial charge in [-0.05, 0) is 54.5 Å². The van der Waals surface area contributed by atoms with E-state index < -0.39 is 15.9 Å². The number of piperidine rings is 1. The highest BCUT2D eigenvalue weighted by Crippen LogP contribution is 2.38. The van der Waals surface area contributed by atoms with E-state index in [0.717, 1.165) is 33.4 Å². The SMILES string of the molecule is CC(=O)Nc1nc(C)c(S(=O)(=O)N2CCC(c3c[nH]c4c(C(N)=O)cc(-c5ccccc5)cc34)CC2)s1. The molecule has 11 heteroatoms. The summed E-state index contributed by atoms with van der Waals surface area (Å²) in [4.78, 5) is 31.0. The van der Waals surface area contributed by atoms with Crippen LogP contribution in [0.15, 0.2) is 52.9 Å². The van der Waals surface area contributed by atoms with Gasteiger partial charge in [0.2, 0.25) is 5.91 Å². The molecule has 192 valence electrons. The summed E-state index contributed by atoms with van der Waals surface area (Å²) < 4.78 is 28.4. The number of hydrogen-bond acceptors (Lipinski definition) is 6. The smallest absolute Gasteiger partial charge is 0.254 e. The summed E-state index contributed by atoms with van der Waals surface area (Å²) in [6.07, 6.45) is 3.17. The Labute approximate surface area is 218 Å². The molecule has 2 aromatic carbocycles. The molecule has 3 heterocycles. The number of aromatic nitrogens is 2. The molecule has 0 aliphatic carbocycles. The summed E-state index contributed by atoms with van der Waals surface area (Å²) in [5.41, 5.74) is 10.2. The van der Waals surface area contributed by atoms with Gasteiger partial charge in [-0.15, -0.1) is 0 Å². The number of sulfonamides is 1. The molecule has 4 N–H and O–H groups in total. The van der Waals surface area contributed by atoms with Crippen molar-refractivity contribution in [1.29, 1.82) is 0 Å². The van der Waals surface area contributed by atoms with Crippen LogP contribution in [-0.2, 0) is 14.8 Å². The van der Waals surface area contributed by atoms with Gasteiger partial charge in [-0.2, -0.15) is 4.31 Å². The van der Waals surface area contributed by atoms with Crippen LogP contribution in [-0.4, -0.2) is 47.6 Å². The number of carbonyl (C=O) groups excluding carboxylic acids is 2. The van der Waals surface area contributed by atoms with E-state index in [0.29, 0.717) is 42.7 Å². The van der Waals surface area contributed by atoms with Crippen molar-refractivity contribution in [2.75, 3.05) is 18.4 Å². The molecule has 0 saturated carbocycles. The molecule has 1 fully saturated rings. The van der Waals surface area contributed by atoms with Gasteiger partial charge in [0.15, 0.2) is 9.34 Å². The van der Waals surface area contributed by atoms with Crippen molar-refractivity contribution in [2.45, 2.75) is 36.8 Å². The molecule has 5 rings (SSSR count). The van der Waals surface area contributed by atoms with Gasteiger partial charge in [0.25, 0.3) is 15.9 Å². The number of nitrogens with two attached hydrogens (primary N) is 1. The van der Waals surface area contributed by atoms with E-state index >= 15 is 0 Å². The monoisotopic (exact) mass is 537 g/mol. The third kappa shape index (κ3) is 4.77. The zero-order valence-electron chi connectivity index (χ0n) is 20.4. The van der Waals surface area contributed by atoms with Crippen LogP contribution in [0.2, 0.25) is 0 Å². The van der Waals surface area contributed by atoms with Crippen LogP contribution >= 0.6 is 11.3 Å². The lowest BCUT2D eigenvalue weighted by molar-refractivity contribution is -0.114. The maximum absolute atomic E-state index is 13.4. The number of aromatic amines is 1. The Morgan fingerprint density at radius 1 is 1.14 bits per heavy atom. The molecule has 0 spiro atoms. The fourth-order valence-corrected chi connectivity index (χ4v) is 8.00. The van der Waals surface area contributed by atoms with Crippen LogP contribution in [0.3, 0.4) is 0 Å². The Kier molecular flexibility index (Phi) is 6.61. The Balaban J connectivity index is 1.42. The van der Waals surface area contributed by atoms with Crippen molar-refractivity contribution in [3.05, 3.63) is 65.5 Å². The number of amides is 2. The van der Waals surface area contributed by atoms with Gasteiger partial charge < -0.3 is 16.0 Å². The number of nitrogens with one attached hydrogen (secondary N) is 2. The summed E-state index contributed by atoms with van der Waals surface area (Å²) >= 11 is 0.971. The lowest BCUT2D eigenvalue weighted by Gasteiger charge is -2.31. The highest BCUT2D eigenvalue weighted by molar-refractivity contribution is 7.91. The number of nitrogens with zero attached hydrogens (tertiary/aromatic N) is 2. The van der Waals surface area contributed by atoms with Gasteiger partial charge in [-0.25, -0.2) is 13.4 Å². The standard InChI is InChI=1S/C26H27N5O4S2/c1-15-25(36-26(29-15)30-16(2)32)37(34,35)31-10-8-18(9-11-31)22-14-28-23-20(22)12-19(13-21(23)24(27)33)17-6-4-3-5-7-17/h3-7,12-14,18,28H,8-11H2,1-2H3,(H2,27,33)(H,29,30,32). The van der Waals surface area contributed by atoms with E-state index in [-0.39, 0.29) is 21.2 Å². The van der Waals surface area contributed by atoms with Gasteiger partial charge >= 0.3 is 0 Å². The number of primary amides is 1. The third-order valence-corrected chi connectivity index (χ3v) is 10.3. The highest BCUT2D eigenvalue weighted by Gasteiger charge is 2.34. The number of hydrogen-bond donors (Lipinski definition) is 3. The summed E-state index contributed by atoms with van der Waals surface area (Å²) in [6.45, 7) is 3.70. The lowest BCUT2D eigenvalue weighted by Crippen LogP contribution is -2.37. The lowest BCUT2D eigenvalue weighted by atomic mass is 9.88. The number of anilines is 1. The number of rotatable bonds is 6. The van der Waals surface area contributed by atoms with Crippen LogP contribution in [0.1, 0.15) is 47.3 Å². The molecule has 0 unspecified atom stereocenters. The van der Waals surface area contributed by atoms with Crippen molar-refractivity contribution in [3.8, 4) is 11.1 Å². The van der Waals surface area contributed by atoms with E-state index in [1.54, 1.807) is 6.92 Å². The largest absolute Gasteiger partial charge is 0.366 e. The predicted octanol–water partition coefficient (Wildman–Crippen LogP) is 4.23.